The largest absolute Gasteiger partial charge is 0.482 e. The molecule has 32 heavy (non-hydrogen) atoms. The lowest BCUT2D eigenvalue weighted by Gasteiger charge is -2.36. The Morgan fingerprint density at radius 2 is 1.91 bits per heavy atom. The monoisotopic (exact) mass is 477 g/mol. The third kappa shape index (κ3) is 4.83. The summed E-state index contributed by atoms with van der Waals surface area (Å²) in [5, 5.41) is 3.32. The van der Waals surface area contributed by atoms with Crippen LogP contribution in [0.2, 0.25) is 5.02 Å². The first-order chi connectivity index (χ1) is 15.2. The third-order valence-electron chi connectivity index (χ3n) is 5.64. The fourth-order valence-electron chi connectivity index (χ4n) is 3.93. The van der Waals surface area contributed by atoms with Crippen LogP contribution in [-0.4, -0.2) is 63.7 Å². The van der Waals surface area contributed by atoms with Crippen molar-refractivity contribution in [2.45, 2.75) is 18.2 Å². The third-order valence-corrected chi connectivity index (χ3v) is 7.72. The highest BCUT2D eigenvalue weighted by atomic mass is 35.5. The minimum atomic E-state index is -3.70. The molecule has 2 aliphatic heterocycles. The van der Waals surface area contributed by atoms with Crippen molar-refractivity contribution in [2.75, 3.05) is 48.8 Å². The first kappa shape index (κ1) is 22.4. The van der Waals surface area contributed by atoms with Gasteiger partial charge in [0.05, 0.1) is 16.3 Å². The van der Waals surface area contributed by atoms with Crippen LogP contribution in [0.15, 0.2) is 41.3 Å². The average molecular weight is 478 g/mol. The van der Waals surface area contributed by atoms with E-state index in [1.54, 1.807) is 17.9 Å². The maximum absolute atomic E-state index is 12.9. The molecule has 1 saturated heterocycles. The van der Waals surface area contributed by atoms with Crippen LogP contribution in [0.4, 0.5) is 11.4 Å². The lowest BCUT2D eigenvalue weighted by atomic mass is 10.2. The van der Waals surface area contributed by atoms with Crippen molar-refractivity contribution >= 4 is 44.6 Å². The summed E-state index contributed by atoms with van der Waals surface area (Å²) in [6.07, 6.45) is -0.0897. The van der Waals surface area contributed by atoms with Crippen LogP contribution < -0.4 is 15.0 Å². The quantitative estimate of drug-likeness (QED) is 0.710. The van der Waals surface area contributed by atoms with Crippen molar-refractivity contribution in [3.63, 3.8) is 0 Å². The van der Waals surface area contributed by atoms with Crippen molar-refractivity contribution in [3.8, 4) is 5.75 Å². The minimum absolute atomic E-state index is 0.0897. The maximum Gasteiger partial charge on any atom is 0.262 e. The van der Waals surface area contributed by atoms with Crippen LogP contribution >= 0.6 is 11.6 Å². The highest BCUT2D eigenvalue weighted by molar-refractivity contribution is 7.91. The smallest absolute Gasteiger partial charge is 0.262 e. The number of nitrogens with zero attached hydrogens (tertiary/aromatic N) is 2. The number of anilines is 2. The highest BCUT2D eigenvalue weighted by Gasteiger charge is 2.26. The van der Waals surface area contributed by atoms with Gasteiger partial charge >= 0.3 is 0 Å². The van der Waals surface area contributed by atoms with E-state index >= 15 is 0 Å². The number of hydrogen-bond donors (Lipinski definition) is 1. The van der Waals surface area contributed by atoms with E-state index in [2.05, 4.69) is 10.2 Å². The molecule has 4 rings (SSSR count). The van der Waals surface area contributed by atoms with Gasteiger partial charge in [0.25, 0.3) is 5.91 Å². The lowest BCUT2D eigenvalue weighted by Crippen LogP contribution is -2.49. The number of halogens is 1. The molecule has 2 heterocycles. The Labute approximate surface area is 192 Å². The SMILES string of the molecule is Cc1cc2c(cc1S(=O)(=O)CCC(=O)N1CCN(c3cccc(Cl)c3)CC1)OCC(=O)N2. The molecule has 2 amide bonds. The van der Waals surface area contributed by atoms with Crippen LogP contribution in [0.3, 0.4) is 0 Å². The van der Waals surface area contributed by atoms with Crippen molar-refractivity contribution in [1.82, 2.24) is 4.90 Å². The predicted octanol–water partition coefficient (Wildman–Crippen LogP) is 2.49. The van der Waals surface area contributed by atoms with Gasteiger partial charge in [-0.2, -0.15) is 0 Å². The number of benzene rings is 2. The molecule has 0 aromatic heterocycles. The van der Waals surface area contributed by atoms with Crippen molar-refractivity contribution in [3.05, 3.63) is 47.0 Å². The first-order valence-corrected chi connectivity index (χ1v) is 12.3. The Balaban J connectivity index is 1.36. The molecule has 2 aromatic carbocycles. The lowest BCUT2D eigenvalue weighted by molar-refractivity contribution is -0.131. The van der Waals surface area contributed by atoms with Gasteiger partial charge in [-0.25, -0.2) is 8.42 Å². The number of piperazine rings is 1. The van der Waals surface area contributed by atoms with Crippen LogP contribution in [0.25, 0.3) is 0 Å². The number of ether oxygens (including phenoxy) is 1. The topological polar surface area (TPSA) is 96.0 Å². The molecule has 170 valence electrons. The van der Waals surface area contributed by atoms with Crippen molar-refractivity contribution in [1.29, 1.82) is 0 Å². The summed E-state index contributed by atoms with van der Waals surface area (Å²) >= 11 is 6.06. The fraction of sp³-hybridized carbons (Fsp3) is 0.364. The standard InChI is InChI=1S/C22H24ClN3O5S/c1-15-11-18-19(31-14-21(27)24-18)13-20(15)32(29,30)10-5-22(28)26-8-6-25(7-9-26)17-4-2-3-16(23)12-17/h2-4,11-13H,5-10,14H2,1H3,(H,24,27). The van der Waals surface area contributed by atoms with Gasteiger partial charge in [0, 0.05) is 49.4 Å². The van der Waals surface area contributed by atoms with Crippen LogP contribution in [0.1, 0.15) is 12.0 Å². The average Bonchev–Trinajstić information content (AvgIpc) is 2.77. The van der Waals surface area contributed by atoms with E-state index in [9.17, 15) is 18.0 Å². The Kier molecular flexibility index (Phi) is 6.30. The number of fused-ring (bicyclic) bond motifs is 1. The van der Waals surface area contributed by atoms with Gasteiger partial charge in [0.2, 0.25) is 5.91 Å². The zero-order valence-corrected chi connectivity index (χ0v) is 19.2. The predicted molar refractivity (Wildman–Crippen MR) is 122 cm³/mol. The summed E-state index contributed by atoms with van der Waals surface area (Å²) in [4.78, 5) is 28.1. The second kappa shape index (κ2) is 8.99. The summed E-state index contributed by atoms with van der Waals surface area (Å²) in [6.45, 7) is 3.87. The molecule has 8 nitrogen and oxygen atoms in total. The second-order valence-electron chi connectivity index (χ2n) is 7.87. The summed E-state index contributed by atoms with van der Waals surface area (Å²) < 4.78 is 31.2. The van der Waals surface area contributed by atoms with Crippen molar-refractivity contribution in [2.24, 2.45) is 0 Å². The normalized spacial score (nSPS) is 16.2. The number of aryl methyl sites for hydroxylation is 1. The molecule has 0 spiro atoms. The van der Waals surface area contributed by atoms with Gasteiger partial charge in [-0.05, 0) is 36.8 Å². The molecular weight excluding hydrogens is 454 g/mol. The van der Waals surface area contributed by atoms with E-state index in [1.807, 2.05) is 24.3 Å². The summed E-state index contributed by atoms with van der Waals surface area (Å²) in [7, 11) is -3.70. The molecule has 2 aliphatic rings. The van der Waals surface area contributed by atoms with E-state index in [-0.39, 0.29) is 35.5 Å². The molecule has 1 fully saturated rings. The Morgan fingerprint density at radius 3 is 2.62 bits per heavy atom. The summed E-state index contributed by atoms with van der Waals surface area (Å²) in [6, 6.07) is 10.6. The molecule has 0 atom stereocenters. The Hall–Kier alpha value is -2.78. The van der Waals surface area contributed by atoms with Crippen LogP contribution in [-0.2, 0) is 19.4 Å². The first-order valence-electron chi connectivity index (χ1n) is 10.3. The van der Waals surface area contributed by atoms with Crippen LogP contribution in [0, 0.1) is 6.92 Å². The molecular formula is C22H24ClN3O5S. The zero-order chi connectivity index (χ0) is 22.9. The van der Waals surface area contributed by atoms with Crippen molar-refractivity contribution < 1.29 is 22.7 Å². The summed E-state index contributed by atoms with van der Waals surface area (Å²) in [5.41, 5.74) is 1.96. The highest BCUT2D eigenvalue weighted by Crippen LogP contribution is 2.33. The fourth-order valence-corrected chi connectivity index (χ4v) is 5.61. The number of carbonyl (C=O) groups is 2. The molecule has 1 N–H and O–H groups in total. The van der Waals surface area contributed by atoms with Gasteiger partial charge in [0.1, 0.15) is 5.75 Å². The van der Waals surface area contributed by atoms with E-state index < -0.39 is 9.84 Å². The second-order valence-corrected chi connectivity index (χ2v) is 10.4. The minimum Gasteiger partial charge on any atom is -0.482 e. The molecule has 0 radical (unpaired) electrons. The number of amides is 2. The van der Waals surface area contributed by atoms with Crippen LogP contribution in [0.5, 0.6) is 5.75 Å². The van der Waals surface area contributed by atoms with E-state index in [4.69, 9.17) is 16.3 Å². The van der Waals surface area contributed by atoms with Gasteiger partial charge in [-0.1, -0.05) is 17.7 Å². The van der Waals surface area contributed by atoms with E-state index in [0.29, 0.717) is 48.2 Å². The Morgan fingerprint density at radius 1 is 1.16 bits per heavy atom. The zero-order valence-electron chi connectivity index (χ0n) is 17.6. The van der Waals surface area contributed by atoms with Gasteiger partial charge in [0.15, 0.2) is 16.4 Å². The number of rotatable bonds is 5. The van der Waals surface area contributed by atoms with E-state index in [1.165, 1.54) is 6.07 Å². The number of sulfone groups is 1. The number of nitrogens with one attached hydrogen (secondary N) is 1. The Bertz CT molecular complexity index is 1160. The number of hydrogen-bond acceptors (Lipinski definition) is 6. The molecule has 2 aromatic rings. The molecule has 0 saturated carbocycles. The number of carbonyl (C=O) groups excluding carboxylic acids is 2. The molecule has 0 bridgehead atoms. The maximum atomic E-state index is 12.9. The van der Waals surface area contributed by atoms with Gasteiger partial charge in [-0.15, -0.1) is 0 Å². The van der Waals surface area contributed by atoms with Gasteiger partial charge in [-0.3, -0.25) is 9.59 Å². The molecule has 0 aliphatic carbocycles. The molecule has 10 heteroatoms. The summed E-state index contributed by atoms with van der Waals surface area (Å²) in [5.74, 6) is -0.434. The molecule has 0 unspecified atom stereocenters. The van der Waals surface area contributed by atoms with E-state index in [0.717, 1.165) is 5.69 Å². The van der Waals surface area contributed by atoms with Gasteiger partial charge < -0.3 is 19.9 Å².